The highest BCUT2D eigenvalue weighted by Crippen LogP contribution is 2.37. The molecule has 0 aliphatic carbocycles. The quantitative estimate of drug-likeness (QED) is 0.391. The number of anilines is 1. The van der Waals surface area contributed by atoms with E-state index < -0.39 is 32.4 Å². The maximum atomic E-state index is 10.7. The van der Waals surface area contributed by atoms with Crippen LogP contribution in [0.4, 0.5) is 5.82 Å². The van der Waals surface area contributed by atoms with Crippen LogP contribution in [-0.2, 0) is 13.8 Å². The second-order valence-corrected chi connectivity index (χ2v) is 6.48. The SMILES string of the molecule is Nc1ncnc2c1ncn2[C@@H]1O[C@H](CCOP(=O)(O)O)[C@@H](O)[C@H]1O. The van der Waals surface area contributed by atoms with Gasteiger partial charge in [-0.3, -0.25) is 9.09 Å². The van der Waals surface area contributed by atoms with Gasteiger partial charge in [0.15, 0.2) is 17.7 Å². The fraction of sp³-hybridized carbons (Fsp3) is 0.545. The number of nitrogen functional groups attached to an aromatic ring is 1. The number of aliphatic hydroxyl groups excluding tert-OH is 2. The largest absolute Gasteiger partial charge is 0.469 e. The Hall–Kier alpha value is -1.66. The zero-order valence-electron chi connectivity index (χ0n) is 12.2. The highest BCUT2D eigenvalue weighted by atomic mass is 31.2. The predicted molar refractivity (Wildman–Crippen MR) is 78.3 cm³/mol. The molecule has 0 aromatic carbocycles. The Bertz CT molecular complexity index is 779. The van der Waals surface area contributed by atoms with E-state index in [0.717, 1.165) is 0 Å². The second kappa shape index (κ2) is 6.33. The van der Waals surface area contributed by atoms with Gasteiger partial charge in [0.05, 0.1) is 19.0 Å². The van der Waals surface area contributed by atoms with E-state index in [1.54, 1.807) is 0 Å². The summed E-state index contributed by atoms with van der Waals surface area (Å²) in [6, 6.07) is 0. The zero-order chi connectivity index (χ0) is 17.5. The minimum Gasteiger partial charge on any atom is -0.388 e. The number of fused-ring (bicyclic) bond motifs is 1. The third-order valence-corrected chi connectivity index (χ3v) is 4.18. The lowest BCUT2D eigenvalue weighted by Gasteiger charge is -2.16. The molecule has 3 heterocycles. The molecule has 12 nitrogen and oxygen atoms in total. The normalized spacial score (nSPS) is 27.8. The first kappa shape index (κ1) is 17.2. The molecule has 4 atom stereocenters. The van der Waals surface area contributed by atoms with Crippen molar-refractivity contribution in [2.24, 2.45) is 0 Å². The van der Waals surface area contributed by atoms with E-state index in [1.807, 2.05) is 0 Å². The number of nitrogens with zero attached hydrogens (tertiary/aromatic N) is 4. The number of imidazole rings is 1. The number of hydrogen-bond acceptors (Lipinski definition) is 9. The lowest BCUT2D eigenvalue weighted by Crippen LogP contribution is -2.32. The van der Waals surface area contributed by atoms with E-state index in [-0.39, 0.29) is 18.8 Å². The molecule has 0 radical (unpaired) electrons. The molecular weight excluding hydrogens is 345 g/mol. The number of ether oxygens (including phenoxy) is 1. The summed E-state index contributed by atoms with van der Waals surface area (Å²) in [6.07, 6.45) is -1.87. The van der Waals surface area contributed by atoms with Crippen LogP contribution in [0, 0.1) is 0 Å². The standard InChI is InChI=1S/C11H16N5O7P/c12-9-6-10(14-3-13-9)16(4-15-6)11-8(18)7(17)5(23-11)1-2-22-24(19,20)21/h3-5,7-8,11,17-18H,1-2H2,(H2,12,13,14)(H2,19,20,21)/t5-,7-,8-,11-/m1/s1. The van der Waals surface area contributed by atoms with Crippen molar-refractivity contribution in [3.8, 4) is 0 Å². The summed E-state index contributed by atoms with van der Waals surface area (Å²) >= 11 is 0. The van der Waals surface area contributed by atoms with E-state index in [1.165, 1.54) is 17.2 Å². The van der Waals surface area contributed by atoms with Crippen LogP contribution in [0.1, 0.15) is 12.6 Å². The zero-order valence-corrected chi connectivity index (χ0v) is 13.1. The van der Waals surface area contributed by atoms with Gasteiger partial charge in [-0.15, -0.1) is 0 Å². The number of phosphoric ester groups is 1. The average molecular weight is 361 g/mol. The predicted octanol–water partition coefficient (Wildman–Crippen LogP) is -1.47. The van der Waals surface area contributed by atoms with Gasteiger partial charge in [-0.25, -0.2) is 19.5 Å². The summed E-state index contributed by atoms with van der Waals surface area (Å²) in [5.74, 6) is 0.165. The molecule has 6 N–H and O–H groups in total. The number of aliphatic hydroxyl groups is 2. The summed E-state index contributed by atoms with van der Waals surface area (Å²) < 4.78 is 22.0. The first-order chi connectivity index (χ1) is 11.3. The minimum absolute atomic E-state index is 0.0242. The van der Waals surface area contributed by atoms with E-state index in [9.17, 15) is 14.8 Å². The minimum atomic E-state index is -4.60. The van der Waals surface area contributed by atoms with Crippen molar-refractivity contribution in [2.45, 2.75) is 31.0 Å². The lowest BCUT2D eigenvalue weighted by molar-refractivity contribution is -0.0404. The van der Waals surface area contributed by atoms with Gasteiger partial charge >= 0.3 is 7.82 Å². The molecule has 2 aromatic rings. The summed E-state index contributed by atoms with van der Waals surface area (Å²) in [7, 11) is -4.60. The maximum absolute atomic E-state index is 10.7. The highest BCUT2D eigenvalue weighted by molar-refractivity contribution is 7.46. The average Bonchev–Trinajstić information content (AvgIpc) is 3.03. The van der Waals surface area contributed by atoms with Crippen molar-refractivity contribution in [3.63, 3.8) is 0 Å². The summed E-state index contributed by atoms with van der Waals surface area (Å²) in [5.41, 5.74) is 6.35. The molecular formula is C11H16N5O7P. The van der Waals surface area contributed by atoms with Gasteiger partial charge in [0.25, 0.3) is 0 Å². The summed E-state index contributed by atoms with van der Waals surface area (Å²) in [4.78, 5) is 29.2. The van der Waals surface area contributed by atoms with Crippen molar-refractivity contribution < 1.29 is 33.8 Å². The van der Waals surface area contributed by atoms with Crippen LogP contribution in [-0.4, -0.2) is 64.4 Å². The Kier molecular flexibility index (Phi) is 4.53. The van der Waals surface area contributed by atoms with E-state index >= 15 is 0 Å². The van der Waals surface area contributed by atoms with Gasteiger partial charge in [-0.05, 0) is 0 Å². The van der Waals surface area contributed by atoms with Crippen molar-refractivity contribution in [1.82, 2.24) is 19.5 Å². The van der Waals surface area contributed by atoms with E-state index in [0.29, 0.717) is 11.2 Å². The molecule has 0 spiro atoms. The number of phosphoric acid groups is 1. The van der Waals surface area contributed by atoms with Crippen molar-refractivity contribution in [1.29, 1.82) is 0 Å². The van der Waals surface area contributed by atoms with Crippen LogP contribution >= 0.6 is 7.82 Å². The van der Waals surface area contributed by atoms with Gasteiger partial charge in [0.1, 0.15) is 24.1 Å². The van der Waals surface area contributed by atoms with Gasteiger partial charge in [-0.2, -0.15) is 0 Å². The van der Waals surface area contributed by atoms with E-state index in [4.69, 9.17) is 20.3 Å². The van der Waals surface area contributed by atoms with Crippen molar-refractivity contribution in [3.05, 3.63) is 12.7 Å². The molecule has 1 aliphatic rings. The fourth-order valence-electron chi connectivity index (χ4n) is 2.54. The fourth-order valence-corrected chi connectivity index (χ4v) is 2.88. The number of aromatic nitrogens is 4. The van der Waals surface area contributed by atoms with Crippen LogP contribution in [0.3, 0.4) is 0 Å². The first-order valence-electron chi connectivity index (χ1n) is 6.92. The van der Waals surface area contributed by atoms with Crippen molar-refractivity contribution >= 4 is 24.8 Å². The van der Waals surface area contributed by atoms with Crippen LogP contribution < -0.4 is 5.73 Å². The molecule has 0 unspecified atom stereocenters. The lowest BCUT2D eigenvalue weighted by atomic mass is 10.1. The molecule has 1 fully saturated rings. The number of rotatable bonds is 5. The molecule has 3 rings (SSSR count). The monoisotopic (exact) mass is 361 g/mol. The molecule has 24 heavy (non-hydrogen) atoms. The molecule has 13 heteroatoms. The molecule has 0 saturated carbocycles. The molecule has 0 amide bonds. The molecule has 1 aliphatic heterocycles. The first-order valence-corrected chi connectivity index (χ1v) is 8.45. The number of hydrogen-bond donors (Lipinski definition) is 5. The van der Waals surface area contributed by atoms with Crippen LogP contribution in [0.25, 0.3) is 11.2 Å². The Balaban J connectivity index is 1.77. The van der Waals surface area contributed by atoms with Gasteiger partial charge in [0, 0.05) is 6.42 Å². The summed E-state index contributed by atoms with van der Waals surface area (Å²) in [5, 5.41) is 20.3. The second-order valence-electron chi connectivity index (χ2n) is 5.24. The van der Waals surface area contributed by atoms with Crippen molar-refractivity contribution in [2.75, 3.05) is 12.3 Å². The topological polar surface area (TPSA) is 186 Å². The van der Waals surface area contributed by atoms with Crippen LogP contribution in [0.2, 0.25) is 0 Å². The van der Waals surface area contributed by atoms with Crippen LogP contribution in [0.15, 0.2) is 12.7 Å². The molecule has 0 bridgehead atoms. The smallest absolute Gasteiger partial charge is 0.388 e. The Morgan fingerprint density at radius 3 is 2.75 bits per heavy atom. The molecule has 132 valence electrons. The third-order valence-electron chi connectivity index (χ3n) is 3.66. The Morgan fingerprint density at radius 1 is 1.29 bits per heavy atom. The number of nitrogens with two attached hydrogens (primary N) is 1. The van der Waals surface area contributed by atoms with Crippen LogP contribution in [0.5, 0.6) is 0 Å². The van der Waals surface area contributed by atoms with Gasteiger partial charge < -0.3 is 30.5 Å². The van der Waals surface area contributed by atoms with Gasteiger partial charge in [-0.1, -0.05) is 0 Å². The molecule has 2 aromatic heterocycles. The Morgan fingerprint density at radius 2 is 2.04 bits per heavy atom. The third kappa shape index (κ3) is 3.26. The molecule has 1 saturated heterocycles. The van der Waals surface area contributed by atoms with Gasteiger partial charge in [0.2, 0.25) is 0 Å². The van der Waals surface area contributed by atoms with E-state index in [2.05, 4.69) is 19.5 Å². The highest BCUT2D eigenvalue weighted by Gasteiger charge is 2.44. The maximum Gasteiger partial charge on any atom is 0.469 e. The Labute approximate surface area is 135 Å². The summed E-state index contributed by atoms with van der Waals surface area (Å²) in [6.45, 7) is -0.342.